The molecule has 0 amide bonds. The van der Waals surface area contributed by atoms with Crippen LogP contribution < -0.4 is 15.6 Å². The highest BCUT2D eigenvalue weighted by Gasteiger charge is 2.24. The minimum absolute atomic E-state index is 0.0207. The summed E-state index contributed by atoms with van der Waals surface area (Å²) in [6.07, 6.45) is 2.14. The van der Waals surface area contributed by atoms with E-state index in [1.54, 1.807) is 0 Å². The molecule has 2 rings (SSSR count). The van der Waals surface area contributed by atoms with Gasteiger partial charge in [-0.05, 0) is 25.0 Å². The smallest absolute Gasteiger partial charge is 0.238 e. The summed E-state index contributed by atoms with van der Waals surface area (Å²) < 4.78 is 27.6. The quantitative estimate of drug-likeness (QED) is 0.734. The van der Waals surface area contributed by atoms with Crippen molar-refractivity contribution in [1.82, 2.24) is 0 Å². The van der Waals surface area contributed by atoms with Crippen molar-refractivity contribution in [3.8, 4) is 5.75 Å². The van der Waals surface area contributed by atoms with Crippen molar-refractivity contribution in [2.24, 2.45) is 5.14 Å². The molecule has 0 radical (unpaired) electrons. The average molecular weight is 228 g/mol. The van der Waals surface area contributed by atoms with Gasteiger partial charge in [-0.25, -0.2) is 13.6 Å². The average Bonchev–Trinajstić information content (AvgIpc) is 2.90. The van der Waals surface area contributed by atoms with Crippen LogP contribution in [0.15, 0.2) is 23.1 Å². The molecule has 0 unspecified atom stereocenters. The summed E-state index contributed by atoms with van der Waals surface area (Å²) in [6.45, 7) is 0. The fraction of sp³-hybridized carbons (Fsp3) is 0.333. The van der Waals surface area contributed by atoms with E-state index in [2.05, 4.69) is 0 Å². The number of primary sulfonamides is 1. The van der Waals surface area contributed by atoms with Gasteiger partial charge in [-0.1, -0.05) is 0 Å². The standard InChI is InChI=1S/C9H12N2O3S/c10-8-4-3-7(15(11,12)13)5-9(8)14-6-1-2-6/h3-6H,1-2,10H2,(H2,11,12,13). The molecule has 0 saturated heterocycles. The second-order valence-electron chi connectivity index (χ2n) is 3.56. The van der Waals surface area contributed by atoms with Gasteiger partial charge in [-0.15, -0.1) is 0 Å². The van der Waals surface area contributed by atoms with E-state index < -0.39 is 10.0 Å². The third kappa shape index (κ3) is 2.40. The van der Waals surface area contributed by atoms with Gasteiger partial charge in [-0.3, -0.25) is 0 Å². The van der Waals surface area contributed by atoms with Crippen molar-refractivity contribution in [1.29, 1.82) is 0 Å². The van der Waals surface area contributed by atoms with Crippen molar-refractivity contribution >= 4 is 15.7 Å². The fourth-order valence-electron chi connectivity index (χ4n) is 1.16. The molecule has 1 aromatic rings. The number of hydrogen-bond acceptors (Lipinski definition) is 4. The number of ether oxygens (including phenoxy) is 1. The monoisotopic (exact) mass is 228 g/mol. The van der Waals surface area contributed by atoms with Crippen LogP contribution in [0.25, 0.3) is 0 Å². The molecule has 0 bridgehead atoms. The Morgan fingerprint density at radius 2 is 2.00 bits per heavy atom. The van der Waals surface area contributed by atoms with E-state index in [0.29, 0.717) is 11.4 Å². The number of rotatable bonds is 3. The van der Waals surface area contributed by atoms with Crippen LogP contribution in [0.5, 0.6) is 5.75 Å². The zero-order valence-electron chi connectivity index (χ0n) is 8.01. The lowest BCUT2D eigenvalue weighted by Gasteiger charge is -2.08. The van der Waals surface area contributed by atoms with Crippen LogP contribution in [0.2, 0.25) is 0 Å². The third-order valence-electron chi connectivity index (χ3n) is 2.13. The maximum atomic E-state index is 11.1. The predicted octanol–water partition coefficient (Wildman–Crippen LogP) is 0.457. The lowest BCUT2D eigenvalue weighted by Crippen LogP contribution is -2.12. The topological polar surface area (TPSA) is 95.4 Å². The van der Waals surface area contributed by atoms with Crippen LogP contribution in [0, 0.1) is 0 Å². The molecular weight excluding hydrogens is 216 g/mol. The number of nitrogen functional groups attached to an aromatic ring is 1. The van der Waals surface area contributed by atoms with Crippen molar-refractivity contribution in [3.05, 3.63) is 18.2 Å². The molecule has 0 aliphatic heterocycles. The van der Waals surface area contributed by atoms with Gasteiger partial charge < -0.3 is 10.5 Å². The fourth-order valence-corrected chi connectivity index (χ4v) is 1.69. The first kappa shape index (κ1) is 10.3. The minimum atomic E-state index is -3.69. The summed E-state index contributed by atoms with van der Waals surface area (Å²) in [7, 11) is -3.69. The second kappa shape index (κ2) is 3.39. The lowest BCUT2D eigenvalue weighted by atomic mass is 10.3. The van der Waals surface area contributed by atoms with Crippen LogP contribution in [-0.4, -0.2) is 14.5 Å². The molecule has 6 heteroatoms. The highest BCUT2D eigenvalue weighted by molar-refractivity contribution is 7.89. The minimum Gasteiger partial charge on any atom is -0.488 e. The number of nitrogens with two attached hydrogens (primary N) is 2. The Morgan fingerprint density at radius 1 is 1.33 bits per heavy atom. The molecule has 1 aromatic carbocycles. The first-order valence-electron chi connectivity index (χ1n) is 4.56. The Bertz CT molecular complexity index is 480. The van der Waals surface area contributed by atoms with E-state index in [1.807, 2.05) is 0 Å². The molecular formula is C9H12N2O3S. The Kier molecular flexibility index (Phi) is 2.32. The van der Waals surface area contributed by atoms with E-state index in [4.69, 9.17) is 15.6 Å². The number of anilines is 1. The van der Waals surface area contributed by atoms with Gasteiger partial charge in [0.05, 0.1) is 16.7 Å². The van der Waals surface area contributed by atoms with Crippen LogP contribution in [-0.2, 0) is 10.0 Å². The molecule has 1 aliphatic rings. The van der Waals surface area contributed by atoms with Crippen molar-refractivity contribution in [2.75, 3.05) is 5.73 Å². The Labute approximate surface area is 88.1 Å². The van der Waals surface area contributed by atoms with Gasteiger partial charge in [-0.2, -0.15) is 0 Å². The number of benzene rings is 1. The van der Waals surface area contributed by atoms with Gasteiger partial charge in [0, 0.05) is 6.07 Å². The molecule has 0 spiro atoms. The summed E-state index contributed by atoms with van der Waals surface area (Å²) in [4.78, 5) is 0.0207. The van der Waals surface area contributed by atoms with Gasteiger partial charge in [0.2, 0.25) is 10.0 Å². The molecule has 82 valence electrons. The summed E-state index contributed by atoms with van der Waals surface area (Å²) in [5.41, 5.74) is 6.07. The van der Waals surface area contributed by atoms with Crippen molar-refractivity contribution in [2.45, 2.75) is 23.8 Å². The first-order chi connectivity index (χ1) is 6.97. The molecule has 0 aromatic heterocycles. The van der Waals surface area contributed by atoms with E-state index in [9.17, 15) is 8.42 Å². The number of sulfonamides is 1. The van der Waals surface area contributed by atoms with Gasteiger partial charge >= 0.3 is 0 Å². The molecule has 0 atom stereocenters. The third-order valence-corrected chi connectivity index (χ3v) is 3.04. The summed E-state index contributed by atoms with van der Waals surface area (Å²) in [6, 6.07) is 4.21. The molecule has 0 heterocycles. The van der Waals surface area contributed by atoms with Crippen LogP contribution >= 0.6 is 0 Å². The largest absolute Gasteiger partial charge is 0.488 e. The summed E-state index contributed by atoms with van der Waals surface area (Å²) >= 11 is 0. The summed E-state index contributed by atoms with van der Waals surface area (Å²) in [5.74, 6) is 0.393. The van der Waals surface area contributed by atoms with E-state index in [-0.39, 0.29) is 11.0 Å². The zero-order chi connectivity index (χ0) is 11.1. The van der Waals surface area contributed by atoms with Gasteiger partial charge in [0.1, 0.15) is 5.75 Å². The molecule has 5 nitrogen and oxygen atoms in total. The van der Waals surface area contributed by atoms with E-state index in [1.165, 1.54) is 18.2 Å². The molecule has 1 aliphatic carbocycles. The maximum absolute atomic E-state index is 11.1. The molecule has 15 heavy (non-hydrogen) atoms. The molecule has 1 saturated carbocycles. The lowest BCUT2D eigenvalue weighted by molar-refractivity contribution is 0.304. The SMILES string of the molecule is Nc1ccc(S(N)(=O)=O)cc1OC1CC1. The van der Waals surface area contributed by atoms with Crippen molar-refractivity contribution in [3.63, 3.8) is 0 Å². The normalized spacial score (nSPS) is 16.3. The van der Waals surface area contributed by atoms with Crippen LogP contribution in [0.3, 0.4) is 0 Å². The zero-order valence-corrected chi connectivity index (χ0v) is 8.83. The van der Waals surface area contributed by atoms with Crippen LogP contribution in [0.1, 0.15) is 12.8 Å². The molecule has 1 fully saturated rings. The maximum Gasteiger partial charge on any atom is 0.238 e. The van der Waals surface area contributed by atoms with Crippen molar-refractivity contribution < 1.29 is 13.2 Å². The molecule has 4 N–H and O–H groups in total. The second-order valence-corrected chi connectivity index (χ2v) is 5.12. The van der Waals surface area contributed by atoms with Crippen LogP contribution in [0.4, 0.5) is 5.69 Å². The first-order valence-corrected chi connectivity index (χ1v) is 6.10. The van der Waals surface area contributed by atoms with E-state index in [0.717, 1.165) is 12.8 Å². The Balaban J connectivity index is 2.35. The highest BCUT2D eigenvalue weighted by atomic mass is 32.2. The Morgan fingerprint density at radius 3 is 2.53 bits per heavy atom. The Hall–Kier alpha value is -1.27. The number of hydrogen-bond donors (Lipinski definition) is 2. The van der Waals surface area contributed by atoms with Gasteiger partial charge in [0.25, 0.3) is 0 Å². The van der Waals surface area contributed by atoms with E-state index >= 15 is 0 Å². The van der Waals surface area contributed by atoms with Gasteiger partial charge in [0.15, 0.2) is 0 Å². The highest BCUT2D eigenvalue weighted by Crippen LogP contribution is 2.31. The summed E-state index contributed by atoms with van der Waals surface area (Å²) in [5, 5.41) is 5.00. The predicted molar refractivity (Wildman–Crippen MR) is 55.9 cm³/mol.